The first-order valence-electron chi connectivity index (χ1n) is 7.57. The SMILES string of the molecule is CCC1CCC(C#N)C(N2CC(CO)OCC2C)C1. The van der Waals surface area contributed by atoms with Crippen molar-refractivity contribution in [3.63, 3.8) is 0 Å². The van der Waals surface area contributed by atoms with E-state index in [1.807, 2.05) is 0 Å². The van der Waals surface area contributed by atoms with Crippen LogP contribution in [0.25, 0.3) is 0 Å². The Labute approximate surface area is 116 Å². The fourth-order valence-corrected chi connectivity index (χ4v) is 3.53. The molecule has 0 radical (unpaired) electrons. The summed E-state index contributed by atoms with van der Waals surface area (Å²) in [4.78, 5) is 2.42. The molecule has 0 aromatic rings. The second-order valence-electron chi connectivity index (χ2n) is 6.07. The maximum absolute atomic E-state index is 9.40. The molecule has 1 heterocycles. The van der Waals surface area contributed by atoms with Crippen molar-refractivity contribution in [3.8, 4) is 6.07 Å². The van der Waals surface area contributed by atoms with Crippen LogP contribution in [0.5, 0.6) is 0 Å². The Morgan fingerprint density at radius 3 is 2.84 bits per heavy atom. The fourth-order valence-electron chi connectivity index (χ4n) is 3.53. The van der Waals surface area contributed by atoms with Crippen molar-refractivity contribution in [1.29, 1.82) is 5.26 Å². The Morgan fingerprint density at radius 2 is 2.21 bits per heavy atom. The molecule has 5 unspecified atom stereocenters. The fraction of sp³-hybridized carbons (Fsp3) is 0.933. The molecule has 4 nitrogen and oxygen atoms in total. The van der Waals surface area contributed by atoms with E-state index < -0.39 is 0 Å². The number of morpholine rings is 1. The van der Waals surface area contributed by atoms with Gasteiger partial charge < -0.3 is 9.84 Å². The highest BCUT2D eigenvalue weighted by Crippen LogP contribution is 2.35. The highest BCUT2D eigenvalue weighted by molar-refractivity contribution is 4.99. The third kappa shape index (κ3) is 3.28. The highest BCUT2D eigenvalue weighted by Gasteiger charge is 2.38. The van der Waals surface area contributed by atoms with Crippen LogP contribution in [-0.4, -0.2) is 48.0 Å². The van der Waals surface area contributed by atoms with Crippen molar-refractivity contribution >= 4 is 0 Å². The monoisotopic (exact) mass is 266 g/mol. The van der Waals surface area contributed by atoms with Gasteiger partial charge in [-0.25, -0.2) is 0 Å². The first kappa shape index (κ1) is 14.8. The van der Waals surface area contributed by atoms with E-state index in [1.165, 1.54) is 12.8 Å². The molecule has 2 rings (SSSR count). The summed E-state index contributed by atoms with van der Waals surface area (Å²) in [6, 6.07) is 3.20. The van der Waals surface area contributed by atoms with Crippen LogP contribution in [0.4, 0.5) is 0 Å². The van der Waals surface area contributed by atoms with Gasteiger partial charge in [-0.05, 0) is 32.1 Å². The van der Waals surface area contributed by atoms with E-state index in [9.17, 15) is 10.4 Å². The van der Waals surface area contributed by atoms with Crippen molar-refractivity contribution < 1.29 is 9.84 Å². The van der Waals surface area contributed by atoms with Crippen molar-refractivity contribution in [2.45, 2.75) is 57.7 Å². The normalized spacial score (nSPS) is 40.8. The van der Waals surface area contributed by atoms with Crippen LogP contribution >= 0.6 is 0 Å². The molecule has 2 fully saturated rings. The number of nitriles is 1. The zero-order chi connectivity index (χ0) is 13.8. The Hall–Kier alpha value is -0.630. The molecule has 1 saturated carbocycles. The molecular weight excluding hydrogens is 240 g/mol. The van der Waals surface area contributed by atoms with E-state index in [-0.39, 0.29) is 18.6 Å². The Balaban J connectivity index is 2.08. The predicted molar refractivity (Wildman–Crippen MR) is 73.5 cm³/mol. The number of hydrogen-bond acceptors (Lipinski definition) is 4. The first-order chi connectivity index (χ1) is 9.19. The highest BCUT2D eigenvalue weighted by atomic mass is 16.5. The summed E-state index contributed by atoms with van der Waals surface area (Å²) in [6.07, 6.45) is 4.45. The van der Waals surface area contributed by atoms with Crippen molar-refractivity contribution in [3.05, 3.63) is 0 Å². The van der Waals surface area contributed by atoms with Crippen molar-refractivity contribution in [2.75, 3.05) is 19.8 Å². The van der Waals surface area contributed by atoms with E-state index in [1.54, 1.807) is 0 Å². The smallest absolute Gasteiger partial charge is 0.0933 e. The number of hydrogen-bond donors (Lipinski definition) is 1. The molecule has 1 saturated heterocycles. The van der Waals surface area contributed by atoms with E-state index in [2.05, 4.69) is 24.8 Å². The number of ether oxygens (including phenoxy) is 1. The van der Waals surface area contributed by atoms with Crippen LogP contribution in [0.1, 0.15) is 39.5 Å². The van der Waals surface area contributed by atoms with E-state index in [4.69, 9.17) is 4.74 Å². The topological polar surface area (TPSA) is 56.5 Å². The van der Waals surface area contributed by atoms with Gasteiger partial charge in [0.15, 0.2) is 0 Å². The molecule has 1 N–H and O–H groups in total. The van der Waals surface area contributed by atoms with Gasteiger partial charge in [-0.2, -0.15) is 5.26 Å². The Morgan fingerprint density at radius 1 is 1.42 bits per heavy atom. The summed E-state index contributed by atoms with van der Waals surface area (Å²) in [6.45, 7) is 5.91. The number of nitrogens with zero attached hydrogens (tertiary/aromatic N) is 2. The van der Waals surface area contributed by atoms with Gasteiger partial charge in [-0.15, -0.1) is 0 Å². The largest absolute Gasteiger partial charge is 0.394 e. The minimum absolute atomic E-state index is 0.0738. The van der Waals surface area contributed by atoms with Crippen molar-refractivity contribution in [1.82, 2.24) is 4.90 Å². The summed E-state index contributed by atoms with van der Waals surface area (Å²) >= 11 is 0. The van der Waals surface area contributed by atoms with Crippen LogP contribution in [0.2, 0.25) is 0 Å². The molecule has 0 aromatic carbocycles. The maximum atomic E-state index is 9.40. The second kappa shape index (κ2) is 6.69. The van der Waals surface area contributed by atoms with E-state index >= 15 is 0 Å². The first-order valence-corrected chi connectivity index (χ1v) is 7.57. The molecule has 0 amide bonds. The maximum Gasteiger partial charge on any atom is 0.0933 e. The minimum Gasteiger partial charge on any atom is -0.394 e. The number of aliphatic hydroxyl groups excluding tert-OH is 1. The van der Waals surface area contributed by atoms with Crippen molar-refractivity contribution in [2.24, 2.45) is 11.8 Å². The molecule has 4 heteroatoms. The third-order valence-electron chi connectivity index (χ3n) is 4.85. The molecule has 19 heavy (non-hydrogen) atoms. The average Bonchev–Trinajstić information content (AvgIpc) is 2.47. The van der Waals surface area contributed by atoms with Gasteiger partial charge in [0.2, 0.25) is 0 Å². The van der Waals surface area contributed by atoms with Crippen LogP contribution < -0.4 is 0 Å². The lowest BCUT2D eigenvalue weighted by Crippen LogP contribution is -2.56. The van der Waals surface area contributed by atoms with Gasteiger partial charge in [0.25, 0.3) is 0 Å². The molecule has 0 bridgehead atoms. The standard InChI is InChI=1S/C15H26N2O2/c1-3-12-4-5-13(7-16)15(6-12)17-8-14(9-18)19-10-11(17)2/h11-15,18H,3-6,8-10H2,1-2H3. The number of rotatable bonds is 3. The van der Waals surface area contributed by atoms with E-state index in [0.717, 1.165) is 25.3 Å². The molecule has 0 spiro atoms. The quantitative estimate of drug-likeness (QED) is 0.846. The average molecular weight is 266 g/mol. The van der Waals surface area contributed by atoms with Gasteiger partial charge in [-0.1, -0.05) is 13.3 Å². The van der Waals surface area contributed by atoms with Crippen LogP contribution in [-0.2, 0) is 4.74 Å². The van der Waals surface area contributed by atoms with Gasteiger partial charge in [0.1, 0.15) is 0 Å². The zero-order valence-electron chi connectivity index (χ0n) is 12.1. The van der Waals surface area contributed by atoms with Gasteiger partial charge in [-0.3, -0.25) is 4.90 Å². The third-order valence-corrected chi connectivity index (χ3v) is 4.85. The molecule has 108 valence electrons. The zero-order valence-corrected chi connectivity index (χ0v) is 12.1. The Kier molecular flexibility index (Phi) is 5.20. The Bertz CT molecular complexity index is 329. The lowest BCUT2D eigenvalue weighted by molar-refractivity contribution is -0.102. The lowest BCUT2D eigenvalue weighted by atomic mass is 9.76. The van der Waals surface area contributed by atoms with Gasteiger partial charge in [0.05, 0.1) is 31.3 Å². The summed E-state index contributed by atoms with van der Waals surface area (Å²) in [5, 5.41) is 18.7. The molecule has 1 aliphatic heterocycles. The molecule has 1 aliphatic carbocycles. The summed E-state index contributed by atoms with van der Waals surface area (Å²) < 4.78 is 5.61. The van der Waals surface area contributed by atoms with E-state index in [0.29, 0.717) is 18.7 Å². The predicted octanol–water partition coefficient (Wildman–Crippen LogP) is 1.79. The van der Waals surface area contributed by atoms with Gasteiger partial charge in [0, 0.05) is 18.6 Å². The number of aliphatic hydroxyl groups is 1. The molecule has 2 aliphatic rings. The van der Waals surface area contributed by atoms with Crippen LogP contribution in [0.3, 0.4) is 0 Å². The summed E-state index contributed by atoms with van der Waals surface area (Å²) in [5.74, 6) is 0.889. The van der Waals surface area contributed by atoms with Gasteiger partial charge >= 0.3 is 0 Å². The van der Waals surface area contributed by atoms with Crippen LogP contribution in [0.15, 0.2) is 0 Å². The minimum atomic E-state index is -0.0856. The van der Waals surface area contributed by atoms with Crippen LogP contribution in [0, 0.1) is 23.2 Å². The molecule has 0 aromatic heterocycles. The summed E-state index contributed by atoms with van der Waals surface area (Å²) in [7, 11) is 0. The molecule has 5 atom stereocenters. The summed E-state index contributed by atoms with van der Waals surface area (Å²) in [5.41, 5.74) is 0. The molecular formula is C15H26N2O2. The second-order valence-corrected chi connectivity index (χ2v) is 6.07. The lowest BCUT2D eigenvalue weighted by Gasteiger charge is -2.46.